The van der Waals surface area contributed by atoms with Crippen molar-refractivity contribution in [2.24, 2.45) is 0 Å². The first kappa shape index (κ1) is 9.55. The van der Waals surface area contributed by atoms with Crippen LogP contribution in [0.1, 0.15) is 22.9 Å². The van der Waals surface area contributed by atoms with Gasteiger partial charge in [-0.15, -0.1) is 0 Å². The lowest BCUT2D eigenvalue weighted by molar-refractivity contribution is 0.557. The van der Waals surface area contributed by atoms with Crippen molar-refractivity contribution in [1.29, 1.82) is 0 Å². The predicted octanol–water partition coefficient (Wildman–Crippen LogP) is 2.32. The number of hydrogen-bond acceptors (Lipinski definition) is 2. The minimum atomic E-state index is 0.256. The third-order valence-electron chi connectivity index (χ3n) is 3.09. The van der Waals surface area contributed by atoms with E-state index in [0.29, 0.717) is 0 Å². The first-order valence-electron chi connectivity index (χ1n) is 5.67. The maximum atomic E-state index is 4.44. The summed E-state index contributed by atoms with van der Waals surface area (Å²) in [4.78, 5) is 4.44. The Hall–Kier alpha value is -1.67. The first-order chi connectivity index (χ1) is 7.95. The van der Waals surface area contributed by atoms with E-state index in [1.807, 2.05) is 18.3 Å². The third-order valence-corrected chi connectivity index (χ3v) is 3.09. The van der Waals surface area contributed by atoms with Crippen molar-refractivity contribution in [3.8, 4) is 0 Å². The number of pyridine rings is 1. The lowest BCUT2D eigenvalue weighted by Crippen LogP contribution is -2.30. The number of fused-ring (bicyclic) bond motifs is 1. The van der Waals surface area contributed by atoms with Gasteiger partial charge in [-0.2, -0.15) is 0 Å². The average molecular weight is 210 g/mol. The zero-order valence-electron chi connectivity index (χ0n) is 9.06. The molecule has 0 amide bonds. The van der Waals surface area contributed by atoms with Crippen molar-refractivity contribution in [3.05, 3.63) is 65.5 Å². The molecule has 1 aromatic heterocycles. The molecule has 1 aliphatic rings. The van der Waals surface area contributed by atoms with Crippen LogP contribution in [0.25, 0.3) is 0 Å². The largest absolute Gasteiger partial charge is 0.305 e. The molecule has 0 spiro atoms. The lowest BCUT2D eigenvalue weighted by Gasteiger charge is -2.26. The molecule has 1 aliphatic heterocycles. The van der Waals surface area contributed by atoms with Gasteiger partial charge in [-0.3, -0.25) is 4.98 Å². The minimum Gasteiger partial charge on any atom is -0.305 e. The van der Waals surface area contributed by atoms with Gasteiger partial charge in [0.05, 0.1) is 11.7 Å². The predicted molar refractivity (Wildman–Crippen MR) is 64.2 cm³/mol. The molecule has 16 heavy (non-hydrogen) atoms. The molecule has 2 nitrogen and oxygen atoms in total. The van der Waals surface area contributed by atoms with Gasteiger partial charge >= 0.3 is 0 Å². The highest BCUT2D eigenvalue weighted by Crippen LogP contribution is 2.26. The molecule has 0 aliphatic carbocycles. The Labute approximate surface area is 95.3 Å². The zero-order chi connectivity index (χ0) is 10.8. The van der Waals surface area contributed by atoms with Crippen molar-refractivity contribution in [3.63, 3.8) is 0 Å². The molecule has 1 N–H and O–H groups in total. The summed E-state index contributed by atoms with van der Waals surface area (Å²) in [5, 5.41) is 3.53. The maximum Gasteiger partial charge on any atom is 0.0754 e. The van der Waals surface area contributed by atoms with Gasteiger partial charge in [0.25, 0.3) is 0 Å². The lowest BCUT2D eigenvalue weighted by atomic mass is 9.92. The van der Waals surface area contributed by atoms with Gasteiger partial charge in [-0.1, -0.05) is 30.3 Å². The zero-order valence-corrected chi connectivity index (χ0v) is 9.06. The Morgan fingerprint density at radius 3 is 2.81 bits per heavy atom. The van der Waals surface area contributed by atoms with E-state index in [0.717, 1.165) is 18.7 Å². The summed E-state index contributed by atoms with van der Waals surface area (Å²) in [5.41, 5.74) is 3.92. The van der Waals surface area contributed by atoms with Crippen LogP contribution in [0.4, 0.5) is 0 Å². The number of aromatic nitrogens is 1. The molecule has 1 aromatic carbocycles. The Morgan fingerprint density at radius 2 is 1.94 bits per heavy atom. The van der Waals surface area contributed by atoms with Crippen LogP contribution in [0.2, 0.25) is 0 Å². The van der Waals surface area contributed by atoms with Gasteiger partial charge in [0.2, 0.25) is 0 Å². The summed E-state index contributed by atoms with van der Waals surface area (Å²) in [6, 6.07) is 15.0. The highest BCUT2D eigenvalue weighted by atomic mass is 14.9. The highest BCUT2D eigenvalue weighted by molar-refractivity contribution is 5.37. The first-order valence-corrected chi connectivity index (χ1v) is 5.67. The van der Waals surface area contributed by atoms with Crippen LogP contribution in [0.3, 0.4) is 0 Å². The fraction of sp³-hybridized carbons (Fsp3) is 0.214. The molecular weight excluding hydrogens is 196 g/mol. The van der Waals surface area contributed by atoms with E-state index < -0.39 is 0 Å². The van der Waals surface area contributed by atoms with Crippen LogP contribution in [-0.2, 0) is 6.42 Å². The molecule has 1 atom stereocenters. The van der Waals surface area contributed by atoms with Gasteiger partial charge in [0.1, 0.15) is 0 Å². The summed E-state index contributed by atoms with van der Waals surface area (Å²) in [5.74, 6) is 0. The number of nitrogens with one attached hydrogen (secondary N) is 1. The van der Waals surface area contributed by atoms with Crippen LogP contribution in [0.15, 0.2) is 48.7 Å². The normalized spacial score (nSPS) is 19.1. The fourth-order valence-corrected chi connectivity index (χ4v) is 2.32. The molecule has 2 heterocycles. The fourth-order valence-electron chi connectivity index (χ4n) is 2.32. The minimum absolute atomic E-state index is 0.256. The SMILES string of the molecule is c1ccc(C2NCCc3ccccc32)nc1. The van der Waals surface area contributed by atoms with Crippen LogP contribution in [-0.4, -0.2) is 11.5 Å². The summed E-state index contributed by atoms with van der Waals surface area (Å²) in [6.45, 7) is 1.03. The van der Waals surface area contributed by atoms with Gasteiger partial charge in [-0.05, 0) is 29.7 Å². The van der Waals surface area contributed by atoms with E-state index in [4.69, 9.17) is 0 Å². The highest BCUT2D eigenvalue weighted by Gasteiger charge is 2.21. The smallest absolute Gasteiger partial charge is 0.0754 e. The molecule has 1 unspecified atom stereocenters. The van der Waals surface area contributed by atoms with E-state index in [9.17, 15) is 0 Å². The van der Waals surface area contributed by atoms with Crippen molar-refractivity contribution >= 4 is 0 Å². The number of hydrogen-bond donors (Lipinski definition) is 1. The topological polar surface area (TPSA) is 24.9 Å². The van der Waals surface area contributed by atoms with Gasteiger partial charge in [-0.25, -0.2) is 0 Å². The van der Waals surface area contributed by atoms with Crippen molar-refractivity contribution in [2.75, 3.05) is 6.54 Å². The molecule has 80 valence electrons. The molecule has 0 saturated heterocycles. The number of rotatable bonds is 1. The number of nitrogens with zero attached hydrogens (tertiary/aromatic N) is 1. The van der Waals surface area contributed by atoms with Gasteiger partial charge < -0.3 is 5.32 Å². The Kier molecular flexibility index (Phi) is 2.43. The second kappa shape index (κ2) is 4.06. The average Bonchev–Trinajstić information content (AvgIpc) is 2.39. The van der Waals surface area contributed by atoms with Crippen LogP contribution in [0.5, 0.6) is 0 Å². The summed E-state index contributed by atoms with van der Waals surface area (Å²) in [6.07, 6.45) is 2.97. The Morgan fingerprint density at radius 1 is 1.06 bits per heavy atom. The maximum absolute atomic E-state index is 4.44. The summed E-state index contributed by atoms with van der Waals surface area (Å²) < 4.78 is 0. The third kappa shape index (κ3) is 1.61. The van der Waals surface area contributed by atoms with Crippen molar-refractivity contribution in [2.45, 2.75) is 12.5 Å². The van der Waals surface area contributed by atoms with E-state index in [2.05, 4.69) is 40.6 Å². The molecule has 0 bridgehead atoms. The molecular formula is C14H14N2. The monoisotopic (exact) mass is 210 g/mol. The quantitative estimate of drug-likeness (QED) is 0.781. The molecule has 2 aromatic rings. The van der Waals surface area contributed by atoms with Gasteiger partial charge in [0, 0.05) is 12.7 Å². The second-order valence-electron chi connectivity index (χ2n) is 4.09. The molecule has 0 radical (unpaired) electrons. The Balaban J connectivity index is 2.05. The van der Waals surface area contributed by atoms with Crippen LogP contribution >= 0.6 is 0 Å². The van der Waals surface area contributed by atoms with E-state index in [1.54, 1.807) is 0 Å². The Bertz CT molecular complexity index is 479. The standard InChI is InChI=1S/C14H14N2/c1-2-6-12-11(5-1)8-10-16-14(12)13-7-3-4-9-15-13/h1-7,9,14,16H,8,10H2. The molecule has 0 saturated carbocycles. The molecule has 3 rings (SSSR count). The molecule has 2 heteroatoms. The van der Waals surface area contributed by atoms with E-state index in [-0.39, 0.29) is 6.04 Å². The van der Waals surface area contributed by atoms with Crippen LogP contribution < -0.4 is 5.32 Å². The van der Waals surface area contributed by atoms with E-state index in [1.165, 1.54) is 11.1 Å². The van der Waals surface area contributed by atoms with E-state index >= 15 is 0 Å². The van der Waals surface area contributed by atoms with Crippen molar-refractivity contribution < 1.29 is 0 Å². The second-order valence-corrected chi connectivity index (χ2v) is 4.09. The summed E-state index contributed by atoms with van der Waals surface area (Å²) in [7, 11) is 0. The number of benzene rings is 1. The van der Waals surface area contributed by atoms with Crippen LogP contribution in [0, 0.1) is 0 Å². The van der Waals surface area contributed by atoms with Gasteiger partial charge in [0.15, 0.2) is 0 Å². The molecule has 0 fully saturated rings. The van der Waals surface area contributed by atoms with Crippen molar-refractivity contribution in [1.82, 2.24) is 10.3 Å². The summed E-state index contributed by atoms with van der Waals surface area (Å²) >= 11 is 0.